The Morgan fingerprint density at radius 3 is 1.70 bits per heavy atom. The molecule has 0 amide bonds. The summed E-state index contributed by atoms with van der Waals surface area (Å²) < 4.78 is 44.7. The van der Waals surface area contributed by atoms with Crippen molar-refractivity contribution in [1.82, 2.24) is 0 Å². The van der Waals surface area contributed by atoms with E-state index in [0.29, 0.717) is 19.4 Å². The predicted octanol–water partition coefficient (Wildman–Crippen LogP) is 4.15. The van der Waals surface area contributed by atoms with E-state index in [1.54, 1.807) is 0 Å². The van der Waals surface area contributed by atoms with Gasteiger partial charge in [0.2, 0.25) is 0 Å². The van der Waals surface area contributed by atoms with E-state index in [1.165, 1.54) is 0 Å². The Labute approximate surface area is 157 Å². The summed E-state index contributed by atoms with van der Waals surface area (Å²) in [5.74, 6) is 0. The lowest BCUT2D eigenvalue weighted by Crippen LogP contribution is -1.98. The van der Waals surface area contributed by atoms with Crippen molar-refractivity contribution >= 4 is 23.5 Å². The average molecular weight is 453 g/mol. The number of nitrogens with zero attached hydrogens (tertiary/aromatic N) is 3. The van der Waals surface area contributed by atoms with Crippen LogP contribution in [0.2, 0.25) is 0 Å². The second-order valence-corrected chi connectivity index (χ2v) is 9.98. The molecule has 0 saturated carbocycles. The van der Waals surface area contributed by atoms with Crippen molar-refractivity contribution < 1.29 is 46.4 Å². The molecule has 0 aliphatic heterocycles. The average Bonchev–Trinajstić information content (AvgIpc) is 2.48. The van der Waals surface area contributed by atoms with Crippen LogP contribution in [0.3, 0.4) is 0 Å². The second kappa shape index (κ2) is 13.8. The standard InChI is InChI=1S/C11H26N3O10P3/c12-14-13-10-8-6-4-2-1-3-5-7-9-11-22-26(18,19)24-27(20,21)23-25(15,16)17/h1-11H2,(H,18,19)(H,20,21)(H2,15,16,17). The molecule has 0 fully saturated rings. The molecule has 0 bridgehead atoms. The van der Waals surface area contributed by atoms with E-state index in [4.69, 9.17) is 20.2 Å². The molecule has 0 radical (unpaired) electrons. The van der Waals surface area contributed by atoms with E-state index in [-0.39, 0.29) is 6.61 Å². The third kappa shape index (κ3) is 18.8. The van der Waals surface area contributed by atoms with E-state index in [1.807, 2.05) is 0 Å². The highest BCUT2D eigenvalue weighted by atomic mass is 31.3. The molecule has 16 heteroatoms. The molecule has 0 aromatic rings. The summed E-state index contributed by atoms with van der Waals surface area (Å²) in [5.41, 5.74) is 8.12. The van der Waals surface area contributed by atoms with E-state index in [0.717, 1.165) is 44.9 Å². The van der Waals surface area contributed by atoms with Gasteiger partial charge in [0.15, 0.2) is 0 Å². The summed E-state index contributed by atoms with van der Waals surface area (Å²) in [6.07, 6.45) is 8.01. The molecule has 4 N–H and O–H groups in total. The smallest absolute Gasteiger partial charge is 0.302 e. The molecule has 0 spiro atoms. The Bertz CT molecular complexity index is 606. The summed E-state index contributed by atoms with van der Waals surface area (Å²) in [7, 11) is -15.8. The predicted molar refractivity (Wildman–Crippen MR) is 95.4 cm³/mol. The third-order valence-electron chi connectivity index (χ3n) is 3.14. The minimum absolute atomic E-state index is 0.233. The van der Waals surface area contributed by atoms with Gasteiger partial charge in [-0.3, -0.25) is 4.52 Å². The number of hydrogen-bond acceptors (Lipinski definition) is 7. The molecule has 0 aliphatic rings. The van der Waals surface area contributed by atoms with Gasteiger partial charge in [0, 0.05) is 11.5 Å². The molecular formula is C11H26N3O10P3. The molecule has 2 atom stereocenters. The first-order valence-corrected chi connectivity index (χ1v) is 12.8. The number of hydrogen-bond donors (Lipinski definition) is 4. The lowest BCUT2D eigenvalue weighted by atomic mass is 10.1. The Kier molecular flexibility index (Phi) is 13.7. The van der Waals surface area contributed by atoms with Crippen LogP contribution in [0, 0.1) is 0 Å². The van der Waals surface area contributed by atoms with Gasteiger partial charge in [-0.05, 0) is 18.4 Å². The number of unbranched alkanes of at least 4 members (excludes halogenated alkanes) is 8. The molecule has 27 heavy (non-hydrogen) atoms. The van der Waals surface area contributed by atoms with Crippen LogP contribution in [-0.2, 0) is 26.8 Å². The number of phosphoric ester groups is 1. The first-order chi connectivity index (χ1) is 12.5. The minimum Gasteiger partial charge on any atom is -0.302 e. The summed E-state index contributed by atoms with van der Waals surface area (Å²) in [5, 5.41) is 3.45. The van der Waals surface area contributed by atoms with Crippen molar-refractivity contribution in [3.8, 4) is 0 Å². The fourth-order valence-electron chi connectivity index (χ4n) is 2.05. The largest absolute Gasteiger partial charge is 0.490 e. The summed E-state index contributed by atoms with van der Waals surface area (Å²) >= 11 is 0. The Balaban J connectivity index is 3.71. The summed E-state index contributed by atoms with van der Waals surface area (Å²) in [6, 6.07) is 0. The first-order valence-electron chi connectivity index (χ1n) is 8.27. The van der Waals surface area contributed by atoms with Crippen LogP contribution in [0.25, 0.3) is 10.4 Å². The van der Waals surface area contributed by atoms with E-state index in [2.05, 4.69) is 23.2 Å². The molecule has 160 valence electrons. The highest BCUT2D eigenvalue weighted by Crippen LogP contribution is 2.66. The SMILES string of the molecule is [N-]=[N+]=NCCCCCCCCCCCOP(=O)(O)OP(=O)(O)OP(=O)(O)O. The fraction of sp³-hybridized carbons (Fsp3) is 1.00. The topological polar surface area (TPSA) is 209 Å². The van der Waals surface area contributed by atoms with Gasteiger partial charge in [-0.25, -0.2) is 13.7 Å². The second-order valence-electron chi connectivity index (χ2n) is 5.56. The van der Waals surface area contributed by atoms with Crippen molar-refractivity contribution in [2.24, 2.45) is 5.11 Å². The zero-order valence-corrected chi connectivity index (χ0v) is 17.4. The third-order valence-corrected chi connectivity index (χ3v) is 6.97. The van der Waals surface area contributed by atoms with Gasteiger partial charge in [-0.15, -0.1) is 0 Å². The molecule has 0 saturated heterocycles. The van der Waals surface area contributed by atoms with E-state index < -0.39 is 23.5 Å². The first kappa shape index (κ1) is 26.7. The zero-order chi connectivity index (χ0) is 20.8. The Morgan fingerprint density at radius 2 is 1.22 bits per heavy atom. The molecule has 0 heterocycles. The molecule has 2 unspecified atom stereocenters. The van der Waals surface area contributed by atoms with Crippen LogP contribution < -0.4 is 0 Å². The maximum absolute atomic E-state index is 11.4. The van der Waals surface area contributed by atoms with Gasteiger partial charge in [0.1, 0.15) is 0 Å². The van der Waals surface area contributed by atoms with E-state index >= 15 is 0 Å². The zero-order valence-electron chi connectivity index (χ0n) is 14.7. The number of rotatable bonds is 17. The number of azide groups is 1. The van der Waals surface area contributed by atoms with Crippen molar-refractivity contribution in [3.63, 3.8) is 0 Å². The lowest BCUT2D eigenvalue weighted by Gasteiger charge is -2.16. The van der Waals surface area contributed by atoms with Crippen LogP contribution in [0.1, 0.15) is 57.8 Å². The van der Waals surface area contributed by atoms with E-state index in [9.17, 15) is 18.6 Å². The molecule has 0 aromatic carbocycles. The van der Waals surface area contributed by atoms with Crippen molar-refractivity contribution in [3.05, 3.63) is 10.4 Å². The van der Waals surface area contributed by atoms with Gasteiger partial charge >= 0.3 is 23.5 Å². The van der Waals surface area contributed by atoms with Crippen LogP contribution in [0.4, 0.5) is 0 Å². The maximum atomic E-state index is 11.4. The Hall–Kier alpha value is -0.280. The van der Waals surface area contributed by atoms with Gasteiger partial charge in [0.05, 0.1) is 6.61 Å². The van der Waals surface area contributed by atoms with Gasteiger partial charge in [0.25, 0.3) is 0 Å². The summed E-state index contributed by atoms with van der Waals surface area (Å²) in [4.78, 5) is 37.7. The molecule has 13 nitrogen and oxygen atoms in total. The monoisotopic (exact) mass is 453 g/mol. The molecule has 0 aromatic heterocycles. The molecule has 0 rings (SSSR count). The minimum atomic E-state index is -5.45. The van der Waals surface area contributed by atoms with Crippen LogP contribution in [0.15, 0.2) is 5.11 Å². The van der Waals surface area contributed by atoms with Gasteiger partial charge < -0.3 is 19.6 Å². The van der Waals surface area contributed by atoms with Gasteiger partial charge in [-0.2, -0.15) is 8.62 Å². The molecular weight excluding hydrogens is 427 g/mol. The lowest BCUT2D eigenvalue weighted by molar-refractivity contribution is 0.170. The Morgan fingerprint density at radius 1 is 0.741 bits per heavy atom. The normalized spacial score (nSPS) is 16.3. The highest BCUT2D eigenvalue weighted by molar-refractivity contribution is 7.66. The van der Waals surface area contributed by atoms with Crippen LogP contribution in [-0.4, -0.2) is 32.7 Å². The fourth-order valence-corrected chi connectivity index (χ4v) is 5.10. The van der Waals surface area contributed by atoms with Gasteiger partial charge in [-0.1, -0.05) is 50.1 Å². The van der Waals surface area contributed by atoms with Crippen molar-refractivity contribution in [1.29, 1.82) is 0 Å². The quantitative estimate of drug-likeness (QED) is 0.0812. The molecule has 0 aliphatic carbocycles. The van der Waals surface area contributed by atoms with Crippen LogP contribution in [0.5, 0.6) is 0 Å². The summed E-state index contributed by atoms with van der Waals surface area (Å²) in [6.45, 7) is 0.287. The van der Waals surface area contributed by atoms with Crippen molar-refractivity contribution in [2.45, 2.75) is 57.8 Å². The van der Waals surface area contributed by atoms with Crippen molar-refractivity contribution in [2.75, 3.05) is 13.2 Å². The van der Waals surface area contributed by atoms with Crippen LogP contribution >= 0.6 is 23.5 Å². The number of phosphoric acid groups is 3. The highest BCUT2D eigenvalue weighted by Gasteiger charge is 2.40. The maximum Gasteiger partial charge on any atom is 0.490 e.